The predicted molar refractivity (Wildman–Crippen MR) is 81.5 cm³/mol. The number of benzene rings is 1. The zero-order chi connectivity index (χ0) is 13.1. The summed E-state index contributed by atoms with van der Waals surface area (Å²) in [5, 5.41) is 2.08. The van der Waals surface area contributed by atoms with Crippen molar-refractivity contribution in [2.45, 2.75) is 6.54 Å². The van der Waals surface area contributed by atoms with Gasteiger partial charge >= 0.3 is 0 Å². The third-order valence-electron chi connectivity index (χ3n) is 2.66. The van der Waals surface area contributed by atoms with E-state index in [9.17, 15) is 0 Å². The highest BCUT2D eigenvalue weighted by Crippen LogP contribution is 2.29. The summed E-state index contributed by atoms with van der Waals surface area (Å²) in [6.07, 6.45) is 0. The Kier molecular flexibility index (Phi) is 4.14. The molecule has 0 aliphatic heterocycles. The van der Waals surface area contributed by atoms with Crippen LogP contribution in [-0.4, -0.2) is 14.2 Å². The lowest BCUT2D eigenvalue weighted by Crippen LogP contribution is -2.17. The highest BCUT2D eigenvalue weighted by molar-refractivity contribution is 9.10. The molecular formula is C13H15BrN2OS. The molecular weight excluding hydrogens is 312 g/mol. The fraction of sp³-hybridized carbons (Fsp3) is 0.231. The SMILES string of the molecule is COc1ccc(N(C)Cc2cc(Br)cs2)c(N)c1. The molecule has 3 nitrogen and oxygen atoms in total. The Morgan fingerprint density at radius 1 is 1.39 bits per heavy atom. The van der Waals surface area contributed by atoms with Crippen LogP contribution < -0.4 is 15.4 Å². The van der Waals surface area contributed by atoms with Crippen LogP contribution in [0.1, 0.15) is 4.88 Å². The van der Waals surface area contributed by atoms with Crippen LogP contribution in [0.25, 0.3) is 0 Å². The molecule has 0 spiro atoms. The molecule has 2 N–H and O–H groups in total. The molecule has 0 aliphatic carbocycles. The standard InChI is InChI=1S/C13H15BrN2OS/c1-16(7-11-5-9(14)8-18-11)13-4-3-10(17-2)6-12(13)15/h3-6,8H,7,15H2,1-2H3. The predicted octanol–water partition coefficient (Wildman–Crippen LogP) is 3.74. The lowest BCUT2D eigenvalue weighted by molar-refractivity contribution is 0.415. The van der Waals surface area contributed by atoms with Crippen LogP contribution in [0.2, 0.25) is 0 Å². The van der Waals surface area contributed by atoms with Crippen LogP contribution in [0.4, 0.5) is 11.4 Å². The molecule has 0 atom stereocenters. The van der Waals surface area contributed by atoms with Crippen LogP contribution in [0.5, 0.6) is 5.75 Å². The number of anilines is 2. The maximum absolute atomic E-state index is 6.03. The molecule has 0 unspecified atom stereocenters. The number of methoxy groups -OCH3 is 1. The molecule has 0 fully saturated rings. The van der Waals surface area contributed by atoms with Crippen LogP contribution in [-0.2, 0) is 6.54 Å². The Balaban J connectivity index is 2.15. The average Bonchev–Trinajstić information content (AvgIpc) is 2.74. The van der Waals surface area contributed by atoms with Crippen molar-refractivity contribution in [3.8, 4) is 5.75 Å². The van der Waals surface area contributed by atoms with E-state index in [0.717, 1.165) is 28.1 Å². The second-order valence-electron chi connectivity index (χ2n) is 4.01. The van der Waals surface area contributed by atoms with Crippen LogP contribution >= 0.6 is 27.3 Å². The van der Waals surface area contributed by atoms with Gasteiger partial charge < -0.3 is 15.4 Å². The van der Waals surface area contributed by atoms with Crippen LogP contribution in [0.15, 0.2) is 34.1 Å². The van der Waals surface area contributed by atoms with Gasteiger partial charge in [0.1, 0.15) is 5.75 Å². The zero-order valence-electron chi connectivity index (χ0n) is 10.3. The molecule has 0 amide bonds. The van der Waals surface area contributed by atoms with E-state index in [1.165, 1.54) is 4.88 Å². The van der Waals surface area contributed by atoms with Crippen LogP contribution in [0.3, 0.4) is 0 Å². The highest BCUT2D eigenvalue weighted by atomic mass is 79.9. The summed E-state index contributed by atoms with van der Waals surface area (Å²) in [7, 11) is 3.67. The van der Waals surface area contributed by atoms with E-state index < -0.39 is 0 Å². The number of nitrogens with zero attached hydrogens (tertiary/aromatic N) is 1. The van der Waals surface area contributed by atoms with Crippen molar-refractivity contribution >= 4 is 38.6 Å². The first-order valence-electron chi connectivity index (χ1n) is 5.47. The van der Waals surface area contributed by atoms with Gasteiger partial charge in [0.25, 0.3) is 0 Å². The Labute approximate surface area is 119 Å². The van der Waals surface area contributed by atoms with Gasteiger partial charge in [-0.1, -0.05) is 0 Å². The minimum absolute atomic E-state index is 0.729. The molecule has 5 heteroatoms. The molecule has 0 saturated carbocycles. The summed E-state index contributed by atoms with van der Waals surface area (Å²) in [6, 6.07) is 7.88. The molecule has 0 aliphatic rings. The van der Waals surface area contributed by atoms with Gasteiger partial charge in [-0.15, -0.1) is 11.3 Å². The first kappa shape index (κ1) is 13.2. The number of halogens is 1. The summed E-state index contributed by atoms with van der Waals surface area (Å²) in [4.78, 5) is 3.42. The molecule has 1 aromatic carbocycles. The van der Waals surface area contributed by atoms with E-state index in [0.29, 0.717) is 0 Å². The highest BCUT2D eigenvalue weighted by Gasteiger charge is 2.08. The van der Waals surface area contributed by atoms with Crippen LogP contribution in [0, 0.1) is 0 Å². The molecule has 0 saturated heterocycles. The normalized spacial score (nSPS) is 10.4. The first-order chi connectivity index (χ1) is 8.60. The number of rotatable bonds is 4. The number of nitrogens with two attached hydrogens (primary N) is 1. The van der Waals surface area contributed by atoms with Crippen molar-refractivity contribution in [2.75, 3.05) is 24.8 Å². The lowest BCUT2D eigenvalue weighted by atomic mass is 10.2. The molecule has 1 heterocycles. The minimum Gasteiger partial charge on any atom is -0.497 e. The van der Waals surface area contributed by atoms with Crippen molar-refractivity contribution in [1.29, 1.82) is 0 Å². The Morgan fingerprint density at radius 3 is 2.72 bits per heavy atom. The molecule has 0 bridgehead atoms. The molecule has 1 aromatic heterocycles. The van der Waals surface area contributed by atoms with Crippen molar-refractivity contribution in [3.05, 3.63) is 39.0 Å². The number of nitrogen functional groups attached to an aromatic ring is 1. The number of ether oxygens (including phenoxy) is 1. The van der Waals surface area contributed by atoms with E-state index >= 15 is 0 Å². The van der Waals surface area contributed by atoms with E-state index in [1.807, 2.05) is 25.2 Å². The third-order valence-corrected chi connectivity index (χ3v) is 4.34. The van der Waals surface area contributed by atoms with Gasteiger partial charge in [-0.3, -0.25) is 0 Å². The summed E-state index contributed by atoms with van der Waals surface area (Å²) in [5.41, 5.74) is 7.77. The zero-order valence-corrected chi connectivity index (χ0v) is 12.7. The van der Waals surface area contributed by atoms with Gasteiger partial charge in [0, 0.05) is 27.8 Å². The van der Waals surface area contributed by atoms with E-state index in [1.54, 1.807) is 18.4 Å². The smallest absolute Gasteiger partial charge is 0.121 e. The van der Waals surface area contributed by atoms with Crippen molar-refractivity contribution in [1.82, 2.24) is 0 Å². The Bertz CT molecular complexity index is 542. The monoisotopic (exact) mass is 326 g/mol. The Morgan fingerprint density at radius 2 is 2.17 bits per heavy atom. The maximum Gasteiger partial charge on any atom is 0.121 e. The minimum atomic E-state index is 0.729. The summed E-state index contributed by atoms with van der Waals surface area (Å²) in [6.45, 7) is 0.840. The quantitative estimate of drug-likeness (QED) is 0.870. The average molecular weight is 327 g/mol. The second kappa shape index (κ2) is 5.63. The second-order valence-corrected chi connectivity index (χ2v) is 5.92. The number of hydrogen-bond donors (Lipinski definition) is 1. The molecule has 96 valence electrons. The molecule has 0 radical (unpaired) electrons. The van der Waals surface area contributed by atoms with Gasteiger partial charge in [0.2, 0.25) is 0 Å². The largest absolute Gasteiger partial charge is 0.497 e. The Hall–Kier alpha value is -1.20. The maximum atomic E-state index is 6.03. The molecule has 2 rings (SSSR count). The fourth-order valence-electron chi connectivity index (χ4n) is 1.76. The van der Waals surface area contributed by atoms with Crippen molar-refractivity contribution < 1.29 is 4.74 Å². The fourth-order valence-corrected chi connectivity index (χ4v) is 3.27. The lowest BCUT2D eigenvalue weighted by Gasteiger charge is -2.20. The van der Waals surface area contributed by atoms with Gasteiger partial charge in [-0.2, -0.15) is 0 Å². The van der Waals surface area contributed by atoms with E-state index in [4.69, 9.17) is 10.5 Å². The van der Waals surface area contributed by atoms with Crippen molar-refractivity contribution in [2.24, 2.45) is 0 Å². The molecule has 18 heavy (non-hydrogen) atoms. The number of thiophene rings is 1. The van der Waals surface area contributed by atoms with Gasteiger partial charge in [0.05, 0.1) is 25.0 Å². The van der Waals surface area contributed by atoms with E-state index in [2.05, 4.69) is 32.3 Å². The third kappa shape index (κ3) is 2.97. The van der Waals surface area contributed by atoms with Gasteiger partial charge in [0.15, 0.2) is 0 Å². The van der Waals surface area contributed by atoms with E-state index in [-0.39, 0.29) is 0 Å². The summed E-state index contributed by atoms with van der Waals surface area (Å²) in [5.74, 6) is 0.781. The van der Waals surface area contributed by atoms with Gasteiger partial charge in [-0.25, -0.2) is 0 Å². The van der Waals surface area contributed by atoms with Crippen molar-refractivity contribution in [3.63, 3.8) is 0 Å². The summed E-state index contributed by atoms with van der Waals surface area (Å²) >= 11 is 5.19. The summed E-state index contributed by atoms with van der Waals surface area (Å²) < 4.78 is 6.27. The topological polar surface area (TPSA) is 38.5 Å². The van der Waals surface area contributed by atoms with Gasteiger partial charge in [-0.05, 0) is 34.1 Å². The first-order valence-corrected chi connectivity index (χ1v) is 7.15. The number of hydrogen-bond acceptors (Lipinski definition) is 4. The molecule has 2 aromatic rings.